The van der Waals surface area contributed by atoms with Crippen LogP contribution in [0.3, 0.4) is 0 Å². The van der Waals surface area contributed by atoms with Crippen LogP contribution in [-0.4, -0.2) is 37.7 Å². The van der Waals surface area contributed by atoms with Crippen molar-refractivity contribution in [1.29, 1.82) is 0 Å². The van der Waals surface area contributed by atoms with Gasteiger partial charge in [-0.05, 0) is 44.0 Å². The van der Waals surface area contributed by atoms with Crippen molar-refractivity contribution in [3.8, 4) is 11.5 Å². The van der Waals surface area contributed by atoms with Gasteiger partial charge in [-0.3, -0.25) is 4.79 Å². The van der Waals surface area contributed by atoms with Gasteiger partial charge in [-0.15, -0.1) is 0 Å². The lowest BCUT2D eigenvalue weighted by Crippen LogP contribution is -2.40. The van der Waals surface area contributed by atoms with Gasteiger partial charge in [0.25, 0.3) is 0 Å². The smallest absolute Gasteiger partial charge is 0.319 e. The van der Waals surface area contributed by atoms with Gasteiger partial charge in [0.2, 0.25) is 5.91 Å². The third kappa shape index (κ3) is 3.99. The number of benzene rings is 2. The molecule has 0 saturated carbocycles. The Bertz CT molecular complexity index is 950. The molecule has 2 aromatic carbocycles. The minimum Gasteiger partial charge on any atom is -0.486 e. The van der Waals surface area contributed by atoms with Crippen LogP contribution < -0.4 is 25.0 Å². The topological polar surface area (TPSA) is 79.9 Å². The molecule has 3 amide bonds. The minimum atomic E-state index is -0.304. The number of carbonyl (C=O) groups is 2. The molecule has 2 heterocycles. The van der Waals surface area contributed by atoms with Crippen LogP contribution in [0.5, 0.6) is 11.5 Å². The van der Waals surface area contributed by atoms with E-state index >= 15 is 0 Å². The molecule has 0 unspecified atom stereocenters. The fourth-order valence-corrected chi connectivity index (χ4v) is 3.97. The summed E-state index contributed by atoms with van der Waals surface area (Å²) in [7, 11) is 0. The molecular weight excluding hydrogens is 370 g/mol. The molecule has 2 aliphatic rings. The van der Waals surface area contributed by atoms with Gasteiger partial charge in [0.05, 0.1) is 6.04 Å². The van der Waals surface area contributed by atoms with Crippen LogP contribution in [0.15, 0.2) is 30.3 Å². The zero-order valence-electron chi connectivity index (χ0n) is 16.9. The number of aryl methyl sites for hydroxylation is 3. The molecule has 0 aromatic heterocycles. The minimum absolute atomic E-state index is 0.0327. The van der Waals surface area contributed by atoms with E-state index in [0.717, 1.165) is 28.1 Å². The summed E-state index contributed by atoms with van der Waals surface area (Å²) < 4.78 is 11.1. The average molecular weight is 395 g/mol. The highest BCUT2D eigenvalue weighted by atomic mass is 16.6. The van der Waals surface area contributed by atoms with E-state index in [2.05, 4.69) is 10.6 Å². The van der Waals surface area contributed by atoms with Crippen LogP contribution in [-0.2, 0) is 4.79 Å². The van der Waals surface area contributed by atoms with E-state index in [1.54, 1.807) is 4.90 Å². The SMILES string of the molecule is Cc1cc(C)c(NC(=O)N[C@H]2CC(=O)N(c3ccc4c(c3)OCCO4)C2)c(C)c1. The Morgan fingerprint density at radius 3 is 2.45 bits per heavy atom. The van der Waals surface area contributed by atoms with Crippen molar-refractivity contribution in [2.75, 3.05) is 30.0 Å². The van der Waals surface area contributed by atoms with Crippen LogP contribution in [0.2, 0.25) is 0 Å². The normalized spacial score (nSPS) is 18.0. The fourth-order valence-electron chi connectivity index (χ4n) is 3.97. The predicted octanol–water partition coefficient (Wildman–Crippen LogP) is 3.31. The van der Waals surface area contributed by atoms with Crippen molar-refractivity contribution >= 4 is 23.3 Å². The van der Waals surface area contributed by atoms with Crippen LogP contribution >= 0.6 is 0 Å². The number of urea groups is 1. The standard InChI is InChI=1S/C22H25N3O4/c1-13-8-14(2)21(15(3)9-13)24-22(27)23-16-10-20(26)25(12-16)17-4-5-18-19(11-17)29-7-6-28-18/h4-5,8-9,11,16H,6-7,10,12H2,1-3H3,(H2,23,24,27)/t16-/m0/s1. The molecule has 0 spiro atoms. The van der Waals surface area contributed by atoms with Gasteiger partial charge < -0.3 is 25.0 Å². The molecule has 2 N–H and O–H groups in total. The Labute approximate surface area is 170 Å². The number of ether oxygens (including phenoxy) is 2. The van der Waals surface area contributed by atoms with Gasteiger partial charge in [0.1, 0.15) is 13.2 Å². The lowest BCUT2D eigenvalue weighted by Gasteiger charge is -2.22. The van der Waals surface area contributed by atoms with E-state index in [9.17, 15) is 9.59 Å². The van der Waals surface area contributed by atoms with Crippen molar-refractivity contribution in [1.82, 2.24) is 5.32 Å². The van der Waals surface area contributed by atoms with Crippen LogP contribution in [0.25, 0.3) is 0 Å². The largest absolute Gasteiger partial charge is 0.486 e. The second kappa shape index (κ2) is 7.66. The molecular formula is C22H25N3O4. The van der Waals surface area contributed by atoms with E-state index in [0.29, 0.717) is 31.3 Å². The summed E-state index contributed by atoms with van der Waals surface area (Å²) in [4.78, 5) is 26.7. The van der Waals surface area contributed by atoms with Gasteiger partial charge in [0.15, 0.2) is 11.5 Å². The zero-order chi connectivity index (χ0) is 20.5. The molecule has 0 bridgehead atoms. The Morgan fingerprint density at radius 2 is 1.72 bits per heavy atom. The molecule has 0 radical (unpaired) electrons. The first-order chi connectivity index (χ1) is 13.9. The number of nitrogens with zero attached hydrogens (tertiary/aromatic N) is 1. The van der Waals surface area contributed by atoms with Gasteiger partial charge in [0, 0.05) is 30.4 Å². The molecule has 1 atom stereocenters. The van der Waals surface area contributed by atoms with E-state index in [-0.39, 0.29) is 24.4 Å². The molecule has 29 heavy (non-hydrogen) atoms. The van der Waals surface area contributed by atoms with E-state index in [1.165, 1.54) is 0 Å². The van der Waals surface area contributed by atoms with Gasteiger partial charge in [-0.2, -0.15) is 0 Å². The number of carbonyl (C=O) groups excluding carboxylic acids is 2. The van der Waals surface area contributed by atoms with E-state index < -0.39 is 0 Å². The summed E-state index contributed by atoms with van der Waals surface area (Å²) in [6.07, 6.45) is 0.258. The molecule has 1 fully saturated rings. The molecule has 7 heteroatoms. The second-order valence-corrected chi connectivity index (χ2v) is 7.61. The number of anilines is 2. The summed E-state index contributed by atoms with van der Waals surface area (Å²) in [5.41, 5.74) is 4.73. The summed E-state index contributed by atoms with van der Waals surface area (Å²) in [6.45, 7) is 7.40. The number of amides is 3. The molecule has 7 nitrogen and oxygen atoms in total. The summed E-state index contributed by atoms with van der Waals surface area (Å²) >= 11 is 0. The Morgan fingerprint density at radius 1 is 1.03 bits per heavy atom. The maximum absolute atomic E-state index is 12.5. The first-order valence-corrected chi connectivity index (χ1v) is 9.76. The lowest BCUT2D eigenvalue weighted by atomic mass is 10.1. The van der Waals surface area contributed by atoms with Crippen LogP contribution in [0.1, 0.15) is 23.1 Å². The third-order valence-corrected chi connectivity index (χ3v) is 5.21. The highest BCUT2D eigenvalue weighted by Gasteiger charge is 2.32. The Kier molecular flexibility index (Phi) is 5.05. The van der Waals surface area contributed by atoms with E-state index in [1.807, 2.05) is 51.1 Å². The molecule has 1 saturated heterocycles. The number of hydrogen-bond acceptors (Lipinski definition) is 4. The highest BCUT2D eigenvalue weighted by molar-refractivity contribution is 5.98. The quantitative estimate of drug-likeness (QED) is 0.836. The van der Waals surface area contributed by atoms with E-state index in [4.69, 9.17) is 9.47 Å². The van der Waals surface area contributed by atoms with Crippen molar-refractivity contribution < 1.29 is 19.1 Å². The molecule has 2 aliphatic heterocycles. The highest BCUT2D eigenvalue weighted by Crippen LogP contribution is 2.35. The van der Waals surface area contributed by atoms with Gasteiger partial charge in [-0.25, -0.2) is 4.79 Å². The zero-order valence-corrected chi connectivity index (χ0v) is 16.9. The van der Waals surface area contributed by atoms with Gasteiger partial charge >= 0.3 is 6.03 Å². The molecule has 4 rings (SSSR count). The first-order valence-electron chi connectivity index (χ1n) is 9.76. The summed E-state index contributed by atoms with van der Waals surface area (Å²) in [5, 5.41) is 5.85. The average Bonchev–Trinajstić information content (AvgIpc) is 3.04. The van der Waals surface area contributed by atoms with Crippen LogP contribution in [0, 0.1) is 20.8 Å². The third-order valence-electron chi connectivity index (χ3n) is 5.21. The Balaban J connectivity index is 1.41. The van der Waals surface area contributed by atoms with Crippen molar-refractivity contribution in [2.45, 2.75) is 33.2 Å². The predicted molar refractivity (Wildman–Crippen MR) is 111 cm³/mol. The maximum Gasteiger partial charge on any atom is 0.319 e. The van der Waals surface area contributed by atoms with Crippen LogP contribution in [0.4, 0.5) is 16.2 Å². The Hall–Kier alpha value is -3.22. The number of rotatable bonds is 3. The number of fused-ring (bicyclic) bond motifs is 1. The fraction of sp³-hybridized carbons (Fsp3) is 0.364. The van der Waals surface area contributed by atoms with Gasteiger partial charge in [-0.1, -0.05) is 17.7 Å². The van der Waals surface area contributed by atoms with Crippen molar-refractivity contribution in [2.24, 2.45) is 0 Å². The molecule has 0 aliphatic carbocycles. The summed E-state index contributed by atoms with van der Waals surface area (Å²) in [5.74, 6) is 1.29. The number of nitrogens with one attached hydrogen (secondary N) is 2. The van der Waals surface area contributed by atoms with Crippen molar-refractivity contribution in [3.05, 3.63) is 47.0 Å². The molecule has 2 aromatic rings. The summed E-state index contributed by atoms with van der Waals surface area (Å²) in [6, 6.07) is 8.97. The maximum atomic E-state index is 12.5. The molecule has 152 valence electrons. The monoisotopic (exact) mass is 395 g/mol. The lowest BCUT2D eigenvalue weighted by molar-refractivity contribution is -0.117. The number of hydrogen-bond donors (Lipinski definition) is 2. The first kappa shape index (κ1) is 19.1. The van der Waals surface area contributed by atoms with Crippen molar-refractivity contribution in [3.63, 3.8) is 0 Å². The second-order valence-electron chi connectivity index (χ2n) is 7.61.